The molecule has 0 bridgehead atoms. The van der Waals surface area contributed by atoms with E-state index in [0.29, 0.717) is 12.1 Å². The van der Waals surface area contributed by atoms with Crippen molar-refractivity contribution < 1.29 is 13.2 Å². The van der Waals surface area contributed by atoms with Crippen LogP contribution in [0.1, 0.15) is 49.8 Å². The monoisotopic (exact) mass is 300 g/mol. The van der Waals surface area contributed by atoms with E-state index in [0.717, 1.165) is 43.4 Å². The molecule has 5 heteroatoms. The van der Waals surface area contributed by atoms with Crippen LogP contribution < -0.4 is 5.73 Å². The Morgan fingerprint density at radius 3 is 2.10 bits per heavy atom. The molecular formula is C16H23F3N2. The number of nitrogens with two attached hydrogens (primary N) is 1. The summed E-state index contributed by atoms with van der Waals surface area (Å²) in [5, 5.41) is 0. The number of hydrogen-bond donors (Lipinski definition) is 1. The Morgan fingerprint density at radius 2 is 1.62 bits per heavy atom. The zero-order valence-electron chi connectivity index (χ0n) is 12.5. The van der Waals surface area contributed by atoms with Gasteiger partial charge in [0, 0.05) is 18.1 Å². The number of alkyl halides is 3. The first kappa shape index (κ1) is 16.3. The summed E-state index contributed by atoms with van der Waals surface area (Å²) in [7, 11) is 2.05. The molecule has 0 amide bonds. The second-order valence-electron chi connectivity index (χ2n) is 6.03. The van der Waals surface area contributed by atoms with Crippen molar-refractivity contribution in [3.05, 3.63) is 35.4 Å². The van der Waals surface area contributed by atoms with Crippen LogP contribution in [0.4, 0.5) is 13.2 Å². The third kappa shape index (κ3) is 3.98. The zero-order valence-corrected chi connectivity index (χ0v) is 12.5. The number of nitrogens with zero attached hydrogens (tertiary/aromatic N) is 1. The molecule has 0 radical (unpaired) electrons. The topological polar surface area (TPSA) is 29.3 Å². The van der Waals surface area contributed by atoms with Crippen LogP contribution in [0.2, 0.25) is 0 Å². The fourth-order valence-electron chi connectivity index (χ4n) is 3.01. The van der Waals surface area contributed by atoms with Gasteiger partial charge >= 0.3 is 6.18 Å². The lowest BCUT2D eigenvalue weighted by Gasteiger charge is -2.37. The van der Waals surface area contributed by atoms with E-state index in [9.17, 15) is 13.2 Å². The van der Waals surface area contributed by atoms with E-state index in [1.54, 1.807) is 12.1 Å². The van der Waals surface area contributed by atoms with Crippen molar-refractivity contribution in [1.29, 1.82) is 0 Å². The Morgan fingerprint density at radius 1 is 1.10 bits per heavy atom. The highest BCUT2D eigenvalue weighted by Gasteiger charge is 2.31. The minimum atomic E-state index is -4.27. The van der Waals surface area contributed by atoms with Crippen LogP contribution in [0, 0.1) is 0 Å². The van der Waals surface area contributed by atoms with Crippen molar-refractivity contribution in [2.45, 2.75) is 56.9 Å². The van der Waals surface area contributed by atoms with E-state index in [1.165, 1.54) is 0 Å². The molecule has 21 heavy (non-hydrogen) atoms. The van der Waals surface area contributed by atoms with Gasteiger partial charge in [0.05, 0.1) is 5.56 Å². The molecule has 0 saturated heterocycles. The van der Waals surface area contributed by atoms with Gasteiger partial charge in [0.1, 0.15) is 0 Å². The molecule has 2 N–H and O–H groups in total. The highest BCUT2D eigenvalue weighted by atomic mass is 19.4. The predicted octanol–water partition coefficient (Wildman–Crippen LogP) is 3.97. The third-order valence-electron chi connectivity index (χ3n) is 4.65. The Kier molecular flexibility index (Phi) is 4.94. The molecule has 2 rings (SSSR count). The Hall–Kier alpha value is -1.07. The molecule has 0 spiro atoms. The fraction of sp³-hybridized carbons (Fsp3) is 0.625. The van der Waals surface area contributed by atoms with Gasteiger partial charge in [-0.2, -0.15) is 13.2 Å². The molecule has 1 saturated carbocycles. The quantitative estimate of drug-likeness (QED) is 0.915. The van der Waals surface area contributed by atoms with Crippen LogP contribution in [0.5, 0.6) is 0 Å². The van der Waals surface area contributed by atoms with E-state index in [4.69, 9.17) is 5.73 Å². The van der Waals surface area contributed by atoms with Crippen molar-refractivity contribution in [3.63, 3.8) is 0 Å². The summed E-state index contributed by atoms with van der Waals surface area (Å²) in [5.74, 6) is 0. The summed E-state index contributed by atoms with van der Waals surface area (Å²) < 4.78 is 37.8. The number of hydrogen-bond acceptors (Lipinski definition) is 2. The first-order valence-corrected chi connectivity index (χ1v) is 7.43. The largest absolute Gasteiger partial charge is 0.416 e. The maximum atomic E-state index is 12.6. The van der Waals surface area contributed by atoms with Crippen molar-refractivity contribution in [2.24, 2.45) is 5.73 Å². The maximum absolute atomic E-state index is 12.6. The Labute approximate surface area is 124 Å². The number of halogens is 3. The van der Waals surface area contributed by atoms with E-state index in [2.05, 4.69) is 4.90 Å². The number of benzene rings is 1. The summed E-state index contributed by atoms with van der Waals surface area (Å²) >= 11 is 0. The standard InChI is InChI=1S/C16H23F3N2/c1-11(21(2)15-9-7-14(20)8-10-15)12-3-5-13(6-4-12)16(17,18)19/h3-6,11,14-15H,7-10,20H2,1-2H3. The summed E-state index contributed by atoms with van der Waals surface area (Å²) in [6.07, 6.45) is -0.109. The molecule has 0 aromatic heterocycles. The molecule has 1 atom stereocenters. The second kappa shape index (κ2) is 6.36. The zero-order chi connectivity index (χ0) is 15.6. The van der Waals surface area contributed by atoms with Crippen LogP contribution in [0.25, 0.3) is 0 Å². The van der Waals surface area contributed by atoms with Crippen LogP contribution in [0.15, 0.2) is 24.3 Å². The predicted molar refractivity (Wildman–Crippen MR) is 77.9 cm³/mol. The van der Waals surface area contributed by atoms with Gasteiger partial charge in [-0.1, -0.05) is 12.1 Å². The van der Waals surface area contributed by atoms with E-state index < -0.39 is 11.7 Å². The molecule has 1 fully saturated rings. The Balaban J connectivity index is 2.03. The molecule has 2 nitrogen and oxygen atoms in total. The summed E-state index contributed by atoms with van der Waals surface area (Å²) in [6.45, 7) is 2.04. The van der Waals surface area contributed by atoms with E-state index in [1.807, 2.05) is 14.0 Å². The van der Waals surface area contributed by atoms with Gasteiger partial charge in [-0.15, -0.1) is 0 Å². The molecule has 1 aromatic rings. The van der Waals surface area contributed by atoms with Crippen LogP contribution in [-0.4, -0.2) is 24.0 Å². The summed E-state index contributed by atoms with van der Waals surface area (Å²) in [5.41, 5.74) is 6.24. The molecule has 1 unspecified atom stereocenters. The van der Waals surface area contributed by atoms with Gasteiger partial charge in [-0.3, -0.25) is 4.90 Å². The first-order valence-electron chi connectivity index (χ1n) is 7.43. The minimum absolute atomic E-state index is 0.103. The lowest BCUT2D eigenvalue weighted by molar-refractivity contribution is -0.137. The average molecular weight is 300 g/mol. The summed E-state index contributed by atoms with van der Waals surface area (Å²) in [6, 6.07) is 6.36. The van der Waals surface area contributed by atoms with Crippen LogP contribution in [-0.2, 0) is 6.18 Å². The van der Waals surface area contributed by atoms with Crippen LogP contribution in [0.3, 0.4) is 0 Å². The van der Waals surface area contributed by atoms with Crippen molar-refractivity contribution in [2.75, 3.05) is 7.05 Å². The fourth-order valence-corrected chi connectivity index (χ4v) is 3.01. The molecular weight excluding hydrogens is 277 g/mol. The van der Waals surface area contributed by atoms with Crippen molar-refractivity contribution in [1.82, 2.24) is 4.90 Å². The maximum Gasteiger partial charge on any atom is 0.416 e. The van der Waals surface area contributed by atoms with E-state index in [-0.39, 0.29) is 6.04 Å². The van der Waals surface area contributed by atoms with Crippen molar-refractivity contribution >= 4 is 0 Å². The van der Waals surface area contributed by atoms with Gasteiger partial charge in [-0.25, -0.2) is 0 Å². The lowest BCUT2D eigenvalue weighted by Crippen LogP contribution is -2.39. The van der Waals surface area contributed by atoms with E-state index >= 15 is 0 Å². The third-order valence-corrected chi connectivity index (χ3v) is 4.65. The molecule has 1 aliphatic carbocycles. The van der Waals surface area contributed by atoms with Crippen LogP contribution >= 0.6 is 0 Å². The van der Waals surface area contributed by atoms with Gasteiger partial charge in [-0.05, 0) is 57.4 Å². The normalized spacial score (nSPS) is 25.1. The molecule has 118 valence electrons. The molecule has 0 heterocycles. The van der Waals surface area contributed by atoms with Gasteiger partial charge in [0.15, 0.2) is 0 Å². The minimum Gasteiger partial charge on any atom is -0.328 e. The molecule has 0 aliphatic heterocycles. The Bertz CT molecular complexity index is 448. The second-order valence-corrected chi connectivity index (χ2v) is 6.03. The smallest absolute Gasteiger partial charge is 0.328 e. The van der Waals surface area contributed by atoms with Gasteiger partial charge < -0.3 is 5.73 Å². The first-order chi connectivity index (χ1) is 9.79. The highest BCUT2D eigenvalue weighted by molar-refractivity contribution is 5.26. The lowest BCUT2D eigenvalue weighted by atomic mass is 9.89. The highest BCUT2D eigenvalue weighted by Crippen LogP contribution is 2.32. The van der Waals surface area contributed by atoms with Gasteiger partial charge in [0.25, 0.3) is 0 Å². The van der Waals surface area contributed by atoms with Crippen molar-refractivity contribution in [3.8, 4) is 0 Å². The molecule has 1 aromatic carbocycles. The average Bonchev–Trinajstić information content (AvgIpc) is 2.46. The molecule has 1 aliphatic rings. The van der Waals surface area contributed by atoms with Gasteiger partial charge in [0.2, 0.25) is 0 Å². The SMILES string of the molecule is CC(c1ccc(C(F)(F)F)cc1)N(C)C1CCC(N)CC1. The summed E-state index contributed by atoms with van der Waals surface area (Å²) in [4.78, 5) is 2.26. The number of rotatable bonds is 3.